The van der Waals surface area contributed by atoms with Gasteiger partial charge < -0.3 is 22.0 Å². The highest BCUT2D eigenvalue weighted by atomic mass is 35.5. The second-order valence-electron chi connectivity index (χ2n) is 4.84. The molecule has 2 aromatic rings. The van der Waals surface area contributed by atoms with Crippen molar-refractivity contribution in [1.82, 2.24) is 4.98 Å². The molecule has 0 radical (unpaired) electrons. The van der Waals surface area contributed by atoms with E-state index in [9.17, 15) is 9.90 Å². The third kappa shape index (κ3) is 3.53. The fraction of sp³-hybridized carbons (Fsp3) is 0.0667. The highest BCUT2D eigenvalue weighted by Gasteiger charge is 2.16. The lowest BCUT2D eigenvalue weighted by Gasteiger charge is -2.15. The molecule has 1 aromatic heterocycles. The van der Waals surface area contributed by atoms with Crippen LogP contribution in [0.4, 0.5) is 17.2 Å². The standard InChI is InChI=1S/C15H17N5O2.ClH/c1-7-3-9(4-11(15(21)22)14(7)20-18)8(2)10-5-13(17)19-6-12(10)16;/h3-6,20H,2,16,18H2,1H3,(H2,17,19)(H,21,22);1H. The van der Waals surface area contributed by atoms with E-state index in [-0.39, 0.29) is 18.0 Å². The van der Waals surface area contributed by atoms with Gasteiger partial charge in [-0.05, 0) is 41.8 Å². The van der Waals surface area contributed by atoms with E-state index in [1.807, 2.05) is 0 Å². The minimum Gasteiger partial charge on any atom is -0.478 e. The molecular weight excluding hydrogens is 318 g/mol. The second kappa shape index (κ2) is 6.99. The number of carboxylic acids is 1. The van der Waals surface area contributed by atoms with Gasteiger partial charge in [0.15, 0.2) is 0 Å². The van der Waals surface area contributed by atoms with Crippen LogP contribution in [0.3, 0.4) is 0 Å². The zero-order valence-corrected chi connectivity index (χ0v) is 13.3. The number of nitrogens with two attached hydrogens (primary N) is 3. The number of hydrogen-bond donors (Lipinski definition) is 5. The van der Waals surface area contributed by atoms with Gasteiger partial charge in [0.25, 0.3) is 0 Å². The normalized spacial score (nSPS) is 9.83. The summed E-state index contributed by atoms with van der Waals surface area (Å²) in [5.74, 6) is 4.61. The quantitative estimate of drug-likeness (QED) is 0.425. The Morgan fingerprint density at radius 2 is 1.91 bits per heavy atom. The molecule has 0 fully saturated rings. The van der Waals surface area contributed by atoms with Crippen molar-refractivity contribution in [2.45, 2.75) is 6.92 Å². The number of rotatable bonds is 4. The Bertz CT molecular complexity index is 777. The van der Waals surface area contributed by atoms with E-state index in [1.165, 1.54) is 12.3 Å². The molecule has 8 heteroatoms. The molecule has 2 rings (SSSR count). The largest absolute Gasteiger partial charge is 0.478 e. The van der Waals surface area contributed by atoms with E-state index in [0.717, 1.165) is 0 Å². The number of anilines is 3. The number of nitrogens with zero attached hydrogens (tertiary/aromatic N) is 1. The van der Waals surface area contributed by atoms with Gasteiger partial charge in [-0.2, -0.15) is 0 Å². The van der Waals surface area contributed by atoms with Crippen LogP contribution in [0.1, 0.15) is 27.0 Å². The van der Waals surface area contributed by atoms with Crippen molar-refractivity contribution in [2.75, 3.05) is 16.9 Å². The molecule has 0 spiro atoms. The van der Waals surface area contributed by atoms with E-state index >= 15 is 0 Å². The van der Waals surface area contributed by atoms with Gasteiger partial charge in [-0.3, -0.25) is 5.84 Å². The molecule has 0 unspecified atom stereocenters. The van der Waals surface area contributed by atoms with Gasteiger partial charge in [0.05, 0.1) is 23.1 Å². The lowest BCUT2D eigenvalue weighted by Crippen LogP contribution is -2.14. The number of carboxylic acid groups (broad SMARTS) is 1. The molecule has 0 bridgehead atoms. The minimum absolute atomic E-state index is 0. The average Bonchev–Trinajstić information content (AvgIpc) is 2.48. The van der Waals surface area contributed by atoms with E-state index < -0.39 is 5.97 Å². The number of hydrogen-bond acceptors (Lipinski definition) is 6. The number of carbonyl (C=O) groups is 1. The average molecular weight is 336 g/mol. The second-order valence-corrected chi connectivity index (χ2v) is 4.84. The maximum absolute atomic E-state index is 11.4. The molecule has 0 saturated carbocycles. The maximum Gasteiger partial charge on any atom is 0.337 e. The lowest BCUT2D eigenvalue weighted by atomic mass is 9.94. The molecule has 7 nitrogen and oxygen atoms in total. The topological polar surface area (TPSA) is 140 Å². The van der Waals surface area contributed by atoms with Crippen LogP contribution < -0.4 is 22.7 Å². The number of nitrogens with one attached hydrogen (secondary N) is 1. The molecule has 0 aliphatic heterocycles. The van der Waals surface area contributed by atoms with Crippen LogP contribution in [0.5, 0.6) is 0 Å². The smallest absolute Gasteiger partial charge is 0.337 e. The van der Waals surface area contributed by atoms with E-state index in [0.29, 0.717) is 39.5 Å². The predicted octanol–water partition coefficient (Wildman–Crippen LogP) is 2.02. The Morgan fingerprint density at radius 1 is 1.26 bits per heavy atom. The Balaban J connectivity index is 0.00000264. The van der Waals surface area contributed by atoms with Gasteiger partial charge >= 0.3 is 5.97 Å². The third-order valence-corrected chi connectivity index (χ3v) is 3.34. The maximum atomic E-state index is 11.4. The predicted molar refractivity (Wildman–Crippen MR) is 94.4 cm³/mol. The van der Waals surface area contributed by atoms with Gasteiger partial charge in [0, 0.05) is 5.56 Å². The number of nitrogen functional groups attached to an aromatic ring is 3. The molecule has 0 atom stereocenters. The Morgan fingerprint density at radius 3 is 2.48 bits per heavy atom. The SMILES string of the molecule is C=C(c1cc(C)c(NN)c(C(=O)O)c1)c1cc(N)ncc1N.Cl. The van der Waals surface area contributed by atoms with Crippen molar-refractivity contribution >= 4 is 41.1 Å². The first kappa shape index (κ1) is 18.3. The van der Waals surface area contributed by atoms with E-state index in [2.05, 4.69) is 17.0 Å². The third-order valence-electron chi connectivity index (χ3n) is 3.34. The summed E-state index contributed by atoms with van der Waals surface area (Å²) in [4.78, 5) is 15.3. The number of pyridine rings is 1. The summed E-state index contributed by atoms with van der Waals surface area (Å²) in [5, 5.41) is 9.32. The molecule has 0 aliphatic rings. The zero-order valence-electron chi connectivity index (χ0n) is 12.5. The van der Waals surface area contributed by atoms with Crippen molar-refractivity contribution in [3.8, 4) is 0 Å². The number of aromatic nitrogens is 1. The molecule has 0 saturated heterocycles. The summed E-state index contributed by atoms with van der Waals surface area (Å²) < 4.78 is 0. The highest BCUT2D eigenvalue weighted by molar-refractivity contribution is 5.97. The number of hydrazine groups is 1. The molecule has 1 aromatic carbocycles. The summed E-state index contributed by atoms with van der Waals surface area (Å²) in [5.41, 5.74) is 17.2. The molecule has 8 N–H and O–H groups in total. The van der Waals surface area contributed by atoms with Crippen LogP contribution in [-0.2, 0) is 0 Å². The Labute approximate surface area is 139 Å². The fourth-order valence-electron chi connectivity index (χ4n) is 2.22. The molecule has 23 heavy (non-hydrogen) atoms. The van der Waals surface area contributed by atoms with E-state index in [4.69, 9.17) is 17.3 Å². The van der Waals surface area contributed by atoms with Crippen molar-refractivity contribution in [2.24, 2.45) is 5.84 Å². The van der Waals surface area contributed by atoms with Gasteiger partial charge in [0.1, 0.15) is 5.82 Å². The van der Waals surface area contributed by atoms with Gasteiger partial charge in [-0.1, -0.05) is 6.58 Å². The fourth-order valence-corrected chi connectivity index (χ4v) is 2.22. The van der Waals surface area contributed by atoms with Crippen molar-refractivity contribution in [3.63, 3.8) is 0 Å². The minimum atomic E-state index is -1.09. The van der Waals surface area contributed by atoms with Crippen molar-refractivity contribution in [3.05, 3.63) is 53.2 Å². The molecule has 122 valence electrons. The number of benzene rings is 1. The molecular formula is C15H18ClN5O2. The molecule has 1 heterocycles. The highest BCUT2D eigenvalue weighted by Crippen LogP contribution is 2.31. The first-order chi connectivity index (χ1) is 10.3. The number of aryl methyl sites for hydroxylation is 1. The van der Waals surface area contributed by atoms with Gasteiger partial charge in [-0.25, -0.2) is 9.78 Å². The van der Waals surface area contributed by atoms with Crippen molar-refractivity contribution < 1.29 is 9.90 Å². The summed E-state index contributed by atoms with van der Waals surface area (Å²) >= 11 is 0. The van der Waals surface area contributed by atoms with Gasteiger partial charge in [-0.15, -0.1) is 12.4 Å². The van der Waals surface area contributed by atoms with Crippen LogP contribution in [0.15, 0.2) is 31.0 Å². The lowest BCUT2D eigenvalue weighted by molar-refractivity contribution is 0.0698. The first-order valence-electron chi connectivity index (χ1n) is 6.40. The van der Waals surface area contributed by atoms with E-state index in [1.54, 1.807) is 19.1 Å². The van der Waals surface area contributed by atoms with Crippen LogP contribution >= 0.6 is 12.4 Å². The Kier molecular flexibility index (Phi) is 5.56. The Hall–Kier alpha value is -2.77. The summed E-state index contributed by atoms with van der Waals surface area (Å²) in [7, 11) is 0. The first-order valence-corrected chi connectivity index (χ1v) is 6.40. The summed E-state index contributed by atoms with van der Waals surface area (Å²) in [6.07, 6.45) is 1.44. The molecule has 0 aliphatic carbocycles. The monoisotopic (exact) mass is 335 g/mol. The van der Waals surface area contributed by atoms with Crippen LogP contribution in [0.25, 0.3) is 5.57 Å². The summed E-state index contributed by atoms with van der Waals surface area (Å²) in [6.45, 7) is 5.74. The van der Waals surface area contributed by atoms with Gasteiger partial charge in [0.2, 0.25) is 0 Å². The van der Waals surface area contributed by atoms with Crippen molar-refractivity contribution in [1.29, 1.82) is 0 Å². The van der Waals surface area contributed by atoms with Crippen LogP contribution in [0, 0.1) is 6.92 Å². The number of aromatic carboxylic acids is 1. The number of halogens is 1. The van der Waals surface area contributed by atoms with Crippen LogP contribution in [-0.4, -0.2) is 16.1 Å². The molecule has 0 amide bonds. The zero-order chi connectivity index (χ0) is 16.4. The summed E-state index contributed by atoms with van der Waals surface area (Å²) in [6, 6.07) is 4.87. The van der Waals surface area contributed by atoms with Crippen LogP contribution in [0.2, 0.25) is 0 Å².